The molecular weight excluding hydrogens is 295 g/mol. The Morgan fingerprint density at radius 3 is 2.48 bits per heavy atom. The lowest BCUT2D eigenvalue weighted by molar-refractivity contribution is -0.121. The molecule has 0 bridgehead atoms. The fourth-order valence-electron chi connectivity index (χ4n) is 2.20. The standard InChI is InChI=1S/C18H21FN2O2/c1-23-17-9-5-3-7-15(17)13-21-18(22)10-11-20-12-14-6-2-4-8-16(14)19/h2-9,20H,10-13H2,1H3,(H,21,22). The predicted octanol–water partition coefficient (Wildman–Crippen LogP) is 2.63. The minimum Gasteiger partial charge on any atom is -0.496 e. The summed E-state index contributed by atoms with van der Waals surface area (Å²) in [7, 11) is 1.60. The van der Waals surface area contributed by atoms with Crippen LogP contribution < -0.4 is 15.4 Å². The maximum Gasteiger partial charge on any atom is 0.221 e. The van der Waals surface area contributed by atoms with Gasteiger partial charge in [-0.05, 0) is 12.1 Å². The quantitative estimate of drug-likeness (QED) is 0.736. The zero-order valence-corrected chi connectivity index (χ0v) is 13.1. The highest BCUT2D eigenvalue weighted by Gasteiger charge is 2.05. The topological polar surface area (TPSA) is 50.4 Å². The van der Waals surface area contributed by atoms with Gasteiger partial charge in [-0.1, -0.05) is 36.4 Å². The van der Waals surface area contributed by atoms with Crippen molar-refractivity contribution >= 4 is 5.91 Å². The van der Waals surface area contributed by atoms with Crippen LogP contribution in [0.4, 0.5) is 4.39 Å². The second-order valence-electron chi connectivity index (χ2n) is 5.11. The molecule has 0 spiro atoms. The number of halogens is 1. The molecule has 0 radical (unpaired) electrons. The first-order valence-corrected chi connectivity index (χ1v) is 7.53. The van der Waals surface area contributed by atoms with Crippen molar-refractivity contribution in [2.24, 2.45) is 0 Å². The Balaban J connectivity index is 1.68. The van der Waals surface area contributed by atoms with Crippen LogP contribution in [0.15, 0.2) is 48.5 Å². The molecule has 122 valence electrons. The van der Waals surface area contributed by atoms with Crippen molar-refractivity contribution in [2.45, 2.75) is 19.5 Å². The van der Waals surface area contributed by atoms with E-state index in [4.69, 9.17) is 4.74 Å². The Labute approximate surface area is 135 Å². The third kappa shape index (κ3) is 5.38. The van der Waals surface area contributed by atoms with Crippen LogP contribution in [0.25, 0.3) is 0 Å². The summed E-state index contributed by atoms with van der Waals surface area (Å²) in [6.45, 7) is 1.33. The Hall–Kier alpha value is -2.40. The molecule has 0 aromatic heterocycles. The van der Waals surface area contributed by atoms with Gasteiger partial charge < -0.3 is 15.4 Å². The Bertz CT molecular complexity index is 646. The lowest BCUT2D eigenvalue weighted by Gasteiger charge is -2.10. The average molecular weight is 316 g/mol. The molecule has 2 aromatic carbocycles. The lowest BCUT2D eigenvalue weighted by atomic mass is 10.2. The van der Waals surface area contributed by atoms with Crippen LogP contribution in [0, 0.1) is 5.82 Å². The highest BCUT2D eigenvalue weighted by Crippen LogP contribution is 2.16. The van der Waals surface area contributed by atoms with Crippen molar-refractivity contribution in [3.8, 4) is 5.75 Å². The zero-order valence-electron chi connectivity index (χ0n) is 13.1. The minimum absolute atomic E-state index is 0.0584. The van der Waals surface area contributed by atoms with Gasteiger partial charge in [-0.25, -0.2) is 4.39 Å². The summed E-state index contributed by atoms with van der Waals surface area (Å²) in [5.41, 5.74) is 1.53. The summed E-state index contributed by atoms with van der Waals surface area (Å²) >= 11 is 0. The smallest absolute Gasteiger partial charge is 0.221 e. The van der Waals surface area contributed by atoms with Crippen molar-refractivity contribution in [2.75, 3.05) is 13.7 Å². The van der Waals surface area contributed by atoms with Gasteiger partial charge in [0, 0.05) is 37.2 Å². The van der Waals surface area contributed by atoms with E-state index >= 15 is 0 Å². The summed E-state index contributed by atoms with van der Waals surface area (Å²) in [5, 5.41) is 5.92. The molecule has 23 heavy (non-hydrogen) atoms. The normalized spacial score (nSPS) is 10.3. The van der Waals surface area contributed by atoms with Gasteiger partial charge in [0.2, 0.25) is 5.91 Å². The van der Waals surface area contributed by atoms with Crippen molar-refractivity contribution in [3.05, 3.63) is 65.5 Å². The second kappa shape index (κ2) is 8.90. The molecule has 0 saturated carbocycles. The van der Waals surface area contributed by atoms with E-state index in [9.17, 15) is 9.18 Å². The maximum absolute atomic E-state index is 13.4. The number of hydrogen-bond donors (Lipinski definition) is 2. The fraction of sp³-hybridized carbons (Fsp3) is 0.278. The number of benzene rings is 2. The zero-order chi connectivity index (χ0) is 16.5. The molecule has 0 unspecified atom stereocenters. The van der Waals surface area contributed by atoms with E-state index < -0.39 is 0 Å². The minimum atomic E-state index is -0.236. The number of nitrogens with one attached hydrogen (secondary N) is 2. The molecule has 0 aliphatic carbocycles. The van der Waals surface area contributed by atoms with E-state index in [0.29, 0.717) is 31.6 Å². The molecule has 0 heterocycles. The monoisotopic (exact) mass is 316 g/mol. The average Bonchev–Trinajstić information content (AvgIpc) is 2.58. The number of rotatable bonds is 8. The molecule has 2 rings (SSSR count). The van der Waals surface area contributed by atoms with E-state index in [1.165, 1.54) is 6.07 Å². The van der Waals surface area contributed by atoms with Crippen LogP contribution in [-0.4, -0.2) is 19.6 Å². The highest BCUT2D eigenvalue weighted by atomic mass is 19.1. The fourth-order valence-corrected chi connectivity index (χ4v) is 2.20. The number of hydrogen-bond acceptors (Lipinski definition) is 3. The number of amides is 1. The molecule has 5 heteroatoms. The Morgan fingerprint density at radius 2 is 1.74 bits per heavy atom. The summed E-state index contributed by atoms with van der Waals surface area (Å²) in [6, 6.07) is 14.2. The Morgan fingerprint density at radius 1 is 1.04 bits per heavy atom. The SMILES string of the molecule is COc1ccccc1CNC(=O)CCNCc1ccccc1F. The van der Waals surface area contributed by atoms with Gasteiger partial charge in [0.25, 0.3) is 0 Å². The lowest BCUT2D eigenvalue weighted by Crippen LogP contribution is -2.27. The van der Waals surface area contributed by atoms with Crippen molar-refractivity contribution in [3.63, 3.8) is 0 Å². The predicted molar refractivity (Wildman–Crippen MR) is 87.6 cm³/mol. The number of carbonyl (C=O) groups excluding carboxylic acids is 1. The first-order chi connectivity index (χ1) is 11.2. The van der Waals surface area contributed by atoms with Gasteiger partial charge in [0.1, 0.15) is 11.6 Å². The molecule has 0 saturated heterocycles. The van der Waals surface area contributed by atoms with Crippen LogP contribution >= 0.6 is 0 Å². The largest absolute Gasteiger partial charge is 0.496 e. The van der Waals surface area contributed by atoms with E-state index in [-0.39, 0.29) is 11.7 Å². The second-order valence-corrected chi connectivity index (χ2v) is 5.11. The number of para-hydroxylation sites is 1. The molecule has 1 amide bonds. The van der Waals surface area contributed by atoms with Gasteiger partial charge in [0.05, 0.1) is 7.11 Å². The number of carbonyl (C=O) groups is 1. The molecule has 0 aliphatic rings. The van der Waals surface area contributed by atoms with Crippen molar-refractivity contribution in [1.29, 1.82) is 0 Å². The van der Waals surface area contributed by atoms with Gasteiger partial charge in [0.15, 0.2) is 0 Å². The summed E-state index contributed by atoms with van der Waals surface area (Å²) in [6.07, 6.45) is 0.337. The van der Waals surface area contributed by atoms with Gasteiger partial charge in [-0.2, -0.15) is 0 Å². The van der Waals surface area contributed by atoms with E-state index in [1.54, 1.807) is 25.3 Å². The molecule has 2 N–H and O–H groups in total. The van der Waals surface area contributed by atoms with E-state index in [0.717, 1.165) is 11.3 Å². The van der Waals surface area contributed by atoms with Crippen LogP contribution in [-0.2, 0) is 17.9 Å². The number of ether oxygens (including phenoxy) is 1. The summed E-state index contributed by atoms with van der Waals surface area (Å²) in [4.78, 5) is 11.8. The molecule has 0 atom stereocenters. The molecule has 4 nitrogen and oxygen atoms in total. The van der Waals surface area contributed by atoms with Crippen LogP contribution in [0.5, 0.6) is 5.75 Å². The first-order valence-electron chi connectivity index (χ1n) is 7.53. The van der Waals surface area contributed by atoms with Gasteiger partial charge >= 0.3 is 0 Å². The number of methoxy groups -OCH3 is 1. The van der Waals surface area contributed by atoms with Crippen molar-refractivity contribution in [1.82, 2.24) is 10.6 Å². The van der Waals surface area contributed by atoms with Gasteiger partial charge in [-0.15, -0.1) is 0 Å². The van der Waals surface area contributed by atoms with Crippen molar-refractivity contribution < 1.29 is 13.9 Å². The summed E-state index contributed by atoms with van der Waals surface area (Å²) in [5.74, 6) is 0.461. The highest BCUT2D eigenvalue weighted by molar-refractivity contribution is 5.76. The van der Waals surface area contributed by atoms with Gasteiger partial charge in [-0.3, -0.25) is 4.79 Å². The van der Waals surface area contributed by atoms with Crippen LogP contribution in [0.2, 0.25) is 0 Å². The molecular formula is C18H21FN2O2. The first kappa shape index (κ1) is 17.0. The van der Waals surface area contributed by atoms with Crippen LogP contribution in [0.1, 0.15) is 17.5 Å². The third-order valence-corrected chi connectivity index (χ3v) is 3.47. The third-order valence-electron chi connectivity index (χ3n) is 3.47. The van der Waals surface area contributed by atoms with Crippen LogP contribution in [0.3, 0.4) is 0 Å². The maximum atomic E-state index is 13.4. The van der Waals surface area contributed by atoms with E-state index in [2.05, 4.69) is 10.6 Å². The molecule has 2 aromatic rings. The Kier molecular flexibility index (Phi) is 6.56. The molecule has 0 aliphatic heterocycles. The van der Waals surface area contributed by atoms with E-state index in [1.807, 2.05) is 24.3 Å². The summed E-state index contributed by atoms with van der Waals surface area (Å²) < 4.78 is 18.7. The molecule has 0 fully saturated rings.